The zero-order valence-electron chi connectivity index (χ0n) is 30.9. The lowest BCUT2D eigenvalue weighted by atomic mass is 10.0. The summed E-state index contributed by atoms with van der Waals surface area (Å²) < 4.78 is 0. The van der Waals surface area contributed by atoms with E-state index in [1.54, 1.807) is 19.9 Å². The molecule has 280 valence electrons. The van der Waals surface area contributed by atoms with Crippen molar-refractivity contribution in [3.8, 4) is 22.3 Å². The van der Waals surface area contributed by atoms with Crippen molar-refractivity contribution in [2.75, 3.05) is 10.6 Å². The van der Waals surface area contributed by atoms with Gasteiger partial charge in [-0.15, -0.1) is 10.2 Å². The number of rotatable bonds is 10. The number of hydrogen-bond donors (Lipinski definition) is 6. The number of nitrogens with zero attached hydrogens (tertiary/aromatic N) is 4. The fraction of sp³-hybridized carbons (Fsp3) is 0.0455. The van der Waals surface area contributed by atoms with Crippen molar-refractivity contribution < 1.29 is 9.59 Å². The number of carbonyl (C=O) groups excluding carboxylic acids is 2. The summed E-state index contributed by atoms with van der Waals surface area (Å²) in [4.78, 5) is 25.3. The summed E-state index contributed by atoms with van der Waals surface area (Å²) in [5.41, 5.74) is 30.8. The molecule has 0 heterocycles. The van der Waals surface area contributed by atoms with Gasteiger partial charge in [0.05, 0.1) is 11.4 Å². The summed E-state index contributed by atoms with van der Waals surface area (Å²) in [6.45, 7) is 3.58. The average Bonchev–Trinajstić information content (AvgIpc) is 3.23. The van der Waals surface area contributed by atoms with Crippen LogP contribution >= 0.6 is 0 Å². The van der Waals surface area contributed by atoms with E-state index in [9.17, 15) is 9.59 Å². The first-order valence-corrected chi connectivity index (χ1v) is 17.5. The zero-order chi connectivity index (χ0) is 39.9. The van der Waals surface area contributed by atoms with Gasteiger partial charge in [0, 0.05) is 22.5 Å². The van der Waals surface area contributed by atoms with E-state index in [-0.39, 0.29) is 23.7 Å². The molecule has 0 atom stereocenters. The first-order valence-electron chi connectivity index (χ1n) is 17.5. The van der Waals surface area contributed by atoms with Gasteiger partial charge in [-0.2, -0.15) is 10.2 Å². The second kappa shape index (κ2) is 19.3. The predicted molar refractivity (Wildman–Crippen MR) is 229 cm³/mol. The van der Waals surface area contributed by atoms with Crippen LogP contribution in [0.3, 0.4) is 0 Å². The molecular formula is C44H42N10O2. The Labute approximate surface area is 325 Å². The Balaban J connectivity index is 0.000000214. The highest BCUT2D eigenvalue weighted by molar-refractivity contribution is 6.07. The Kier molecular flexibility index (Phi) is 13.6. The van der Waals surface area contributed by atoms with Crippen molar-refractivity contribution in [1.29, 1.82) is 0 Å². The van der Waals surface area contributed by atoms with Crippen molar-refractivity contribution in [3.05, 3.63) is 180 Å². The number of carbonyl (C=O) groups is 2. The van der Waals surface area contributed by atoms with Crippen molar-refractivity contribution in [2.45, 2.75) is 13.8 Å². The Bertz CT molecular complexity index is 2400. The first-order chi connectivity index (χ1) is 27.0. The van der Waals surface area contributed by atoms with Crippen LogP contribution in [-0.4, -0.2) is 35.2 Å². The lowest BCUT2D eigenvalue weighted by Gasteiger charge is -2.09. The van der Waals surface area contributed by atoms with Crippen LogP contribution in [0.5, 0.6) is 0 Å². The van der Waals surface area contributed by atoms with Crippen molar-refractivity contribution in [1.82, 2.24) is 0 Å². The van der Waals surface area contributed by atoms with E-state index in [0.717, 1.165) is 33.4 Å². The SMILES string of the molecule is C/C(=N\N=C(N)N)c1cccc(NC(=O)c2ccc(-c3ccccc3)cc2)c1.C/C(=N\N=C(N)N)c1cccc(NC(=O)c2cccc(-c3ccccc3)c2)c1. The highest BCUT2D eigenvalue weighted by Crippen LogP contribution is 2.22. The third-order valence-corrected chi connectivity index (χ3v) is 8.19. The number of guanidine groups is 2. The highest BCUT2D eigenvalue weighted by Gasteiger charge is 2.10. The summed E-state index contributed by atoms with van der Waals surface area (Å²) in [7, 11) is 0. The molecule has 0 bridgehead atoms. The number of amides is 2. The molecule has 6 aromatic rings. The van der Waals surface area contributed by atoms with E-state index in [2.05, 4.69) is 31.0 Å². The quantitative estimate of drug-likeness (QED) is 0.0485. The van der Waals surface area contributed by atoms with E-state index >= 15 is 0 Å². The van der Waals surface area contributed by atoms with Gasteiger partial charge in [0.1, 0.15) is 0 Å². The minimum atomic E-state index is -0.186. The van der Waals surface area contributed by atoms with Gasteiger partial charge in [-0.3, -0.25) is 9.59 Å². The van der Waals surface area contributed by atoms with Crippen LogP contribution in [0, 0.1) is 0 Å². The van der Waals surface area contributed by atoms with Gasteiger partial charge in [0.2, 0.25) is 11.9 Å². The first kappa shape index (κ1) is 39.3. The lowest BCUT2D eigenvalue weighted by molar-refractivity contribution is 0.101. The summed E-state index contributed by atoms with van der Waals surface area (Å²) in [6.07, 6.45) is 0. The molecule has 0 saturated carbocycles. The van der Waals surface area contributed by atoms with Crippen LogP contribution in [0.25, 0.3) is 22.3 Å². The molecular weight excluding hydrogens is 701 g/mol. The molecule has 2 amide bonds. The van der Waals surface area contributed by atoms with Crippen LogP contribution in [0.15, 0.2) is 178 Å². The summed E-state index contributed by atoms with van der Waals surface area (Å²) in [5, 5.41) is 21.0. The minimum Gasteiger partial charge on any atom is -0.369 e. The highest BCUT2D eigenvalue weighted by atomic mass is 16.2. The number of hydrogen-bond acceptors (Lipinski definition) is 6. The molecule has 6 aromatic carbocycles. The summed E-state index contributed by atoms with van der Waals surface area (Å²) >= 11 is 0. The number of nitrogens with two attached hydrogens (primary N) is 4. The van der Waals surface area contributed by atoms with Crippen LogP contribution in [0.4, 0.5) is 11.4 Å². The molecule has 0 unspecified atom stereocenters. The number of benzene rings is 6. The molecule has 10 N–H and O–H groups in total. The second-order valence-electron chi connectivity index (χ2n) is 12.4. The summed E-state index contributed by atoms with van der Waals surface area (Å²) in [5.74, 6) is -0.589. The van der Waals surface area contributed by atoms with Gasteiger partial charge >= 0.3 is 0 Å². The molecule has 0 saturated heterocycles. The van der Waals surface area contributed by atoms with E-state index in [1.807, 2.05) is 152 Å². The van der Waals surface area contributed by atoms with E-state index in [0.29, 0.717) is 33.9 Å². The normalized spacial score (nSPS) is 11.0. The van der Waals surface area contributed by atoms with Crippen molar-refractivity contribution >= 4 is 46.5 Å². The minimum absolute atomic E-state index is 0.109. The fourth-order valence-electron chi connectivity index (χ4n) is 5.35. The maximum Gasteiger partial charge on any atom is 0.255 e. The lowest BCUT2D eigenvalue weighted by Crippen LogP contribution is -2.22. The topological polar surface area (TPSA) is 212 Å². The van der Waals surface area contributed by atoms with Gasteiger partial charge in [-0.25, -0.2) is 0 Å². The van der Waals surface area contributed by atoms with E-state index in [4.69, 9.17) is 22.9 Å². The maximum absolute atomic E-state index is 12.7. The molecule has 0 aliphatic heterocycles. The zero-order valence-corrected chi connectivity index (χ0v) is 30.9. The van der Waals surface area contributed by atoms with Gasteiger partial charge < -0.3 is 33.6 Å². The molecule has 0 fully saturated rings. The van der Waals surface area contributed by atoms with Crippen LogP contribution in [0.1, 0.15) is 45.7 Å². The standard InChI is InChI=1S/2C22H21N5O/c1-15(26-27-22(23)24)17-9-6-12-20(14-17)25-21(28)19-11-5-10-18(13-19)16-7-3-2-4-8-16;1-15(26-27-22(23)24)19-8-5-9-20(14-19)25-21(28)18-12-10-17(11-13-18)16-6-3-2-4-7-16/h2*2-14H,1H3,(H,25,28)(H4,23,24,27)/b2*26-15+. The van der Waals surface area contributed by atoms with Gasteiger partial charge in [-0.1, -0.05) is 109 Å². The third kappa shape index (κ3) is 11.6. The average molecular weight is 743 g/mol. The molecule has 56 heavy (non-hydrogen) atoms. The van der Waals surface area contributed by atoms with Crippen LogP contribution in [-0.2, 0) is 0 Å². The Morgan fingerprint density at radius 2 is 0.786 bits per heavy atom. The molecule has 0 aromatic heterocycles. The number of anilines is 2. The van der Waals surface area contributed by atoms with Crippen molar-refractivity contribution in [3.63, 3.8) is 0 Å². The van der Waals surface area contributed by atoms with Gasteiger partial charge in [0.25, 0.3) is 11.8 Å². The monoisotopic (exact) mass is 742 g/mol. The molecule has 12 heteroatoms. The fourth-order valence-corrected chi connectivity index (χ4v) is 5.35. The Morgan fingerprint density at radius 1 is 0.393 bits per heavy atom. The molecule has 0 spiro atoms. The van der Waals surface area contributed by atoms with E-state index < -0.39 is 0 Å². The van der Waals surface area contributed by atoms with Crippen LogP contribution in [0.2, 0.25) is 0 Å². The second-order valence-corrected chi connectivity index (χ2v) is 12.4. The predicted octanol–water partition coefficient (Wildman–Crippen LogP) is 7.21. The van der Waals surface area contributed by atoms with Crippen LogP contribution < -0.4 is 33.6 Å². The number of nitrogens with one attached hydrogen (secondary N) is 2. The summed E-state index contributed by atoms with van der Waals surface area (Å²) in [6, 6.07) is 49.6. The van der Waals surface area contributed by atoms with Gasteiger partial charge in [-0.05, 0) is 95.8 Å². The maximum atomic E-state index is 12.7. The third-order valence-electron chi connectivity index (χ3n) is 8.19. The van der Waals surface area contributed by atoms with Gasteiger partial charge in [0.15, 0.2) is 0 Å². The Hall–Kier alpha value is -7.86. The Morgan fingerprint density at radius 3 is 1.27 bits per heavy atom. The molecule has 0 radical (unpaired) electrons. The molecule has 12 nitrogen and oxygen atoms in total. The molecule has 0 aliphatic carbocycles. The largest absolute Gasteiger partial charge is 0.369 e. The molecule has 6 rings (SSSR count). The smallest absolute Gasteiger partial charge is 0.255 e. The molecule has 0 aliphatic rings. The van der Waals surface area contributed by atoms with Crippen molar-refractivity contribution in [2.24, 2.45) is 43.3 Å². The van der Waals surface area contributed by atoms with E-state index in [1.165, 1.54) is 0 Å².